The highest BCUT2D eigenvalue weighted by atomic mass is 35.5. The summed E-state index contributed by atoms with van der Waals surface area (Å²) in [7, 11) is 1.75. The second-order valence-corrected chi connectivity index (χ2v) is 8.31. The first-order valence-corrected chi connectivity index (χ1v) is 10.8. The zero-order valence-corrected chi connectivity index (χ0v) is 19.0. The molecular formula is C25H23Cl2NO4. The molecule has 0 bridgehead atoms. The number of halogens is 2. The molecule has 3 aromatic carbocycles. The van der Waals surface area contributed by atoms with Gasteiger partial charge in [0.2, 0.25) is 0 Å². The third-order valence-electron chi connectivity index (χ3n) is 4.90. The number of nitrogens with zero attached hydrogens (tertiary/aromatic N) is 1. The van der Waals surface area contributed by atoms with Gasteiger partial charge in [0.1, 0.15) is 11.9 Å². The van der Waals surface area contributed by atoms with Crippen LogP contribution in [0.15, 0.2) is 72.8 Å². The predicted octanol–water partition coefficient (Wildman–Crippen LogP) is 5.75. The lowest BCUT2D eigenvalue weighted by Crippen LogP contribution is -2.28. The number of ketones is 1. The van der Waals surface area contributed by atoms with Gasteiger partial charge in [0, 0.05) is 34.1 Å². The van der Waals surface area contributed by atoms with Crippen molar-refractivity contribution in [2.45, 2.75) is 12.5 Å². The number of carbonyl (C=O) groups excluding carboxylic acids is 1. The summed E-state index contributed by atoms with van der Waals surface area (Å²) in [5.74, 6) is -0.466. The van der Waals surface area contributed by atoms with Crippen molar-refractivity contribution in [1.82, 2.24) is 4.90 Å². The smallest absolute Gasteiger partial charge is 0.317 e. The number of benzene rings is 3. The highest BCUT2D eigenvalue weighted by Crippen LogP contribution is 2.27. The molecule has 7 heteroatoms. The molecule has 1 N–H and O–H groups in total. The predicted molar refractivity (Wildman–Crippen MR) is 126 cm³/mol. The molecule has 0 heterocycles. The zero-order valence-electron chi connectivity index (χ0n) is 17.5. The maximum Gasteiger partial charge on any atom is 0.317 e. The van der Waals surface area contributed by atoms with Crippen LogP contribution in [0.1, 0.15) is 34.0 Å². The van der Waals surface area contributed by atoms with Gasteiger partial charge in [-0.2, -0.15) is 0 Å². The van der Waals surface area contributed by atoms with Crippen molar-refractivity contribution in [2.75, 3.05) is 20.1 Å². The molecule has 0 radical (unpaired) electrons. The van der Waals surface area contributed by atoms with Gasteiger partial charge in [0.15, 0.2) is 5.78 Å². The molecule has 0 aliphatic heterocycles. The monoisotopic (exact) mass is 471 g/mol. The number of carboxylic acid groups (broad SMARTS) is 1. The van der Waals surface area contributed by atoms with E-state index >= 15 is 0 Å². The fourth-order valence-electron chi connectivity index (χ4n) is 3.26. The number of ether oxygens (including phenoxy) is 1. The van der Waals surface area contributed by atoms with Crippen LogP contribution >= 0.6 is 23.2 Å². The fraction of sp³-hybridized carbons (Fsp3) is 0.200. The number of carbonyl (C=O) groups is 2. The SMILES string of the molecule is CN(CCC(Oc1cccc(C(=O)c2ccc(Cl)cc2)c1)c1ccc(Cl)cc1)CC(=O)O. The largest absolute Gasteiger partial charge is 0.486 e. The van der Waals surface area contributed by atoms with Crippen molar-refractivity contribution in [3.63, 3.8) is 0 Å². The summed E-state index contributed by atoms with van der Waals surface area (Å²) in [5, 5.41) is 10.2. The highest BCUT2D eigenvalue weighted by Gasteiger charge is 2.17. The minimum absolute atomic E-state index is 0.0571. The first-order valence-electron chi connectivity index (χ1n) is 10.0. The Morgan fingerprint density at radius 2 is 1.56 bits per heavy atom. The molecule has 32 heavy (non-hydrogen) atoms. The van der Waals surface area contributed by atoms with Gasteiger partial charge in [-0.25, -0.2) is 0 Å². The van der Waals surface area contributed by atoms with E-state index in [2.05, 4.69) is 0 Å². The average molecular weight is 472 g/mol. The van der Waals surface area contributed by atoms with Gasteiger partial charge in [0.05, 0.1) is 6.54 Å². The molecule has 0 amide bonds. The number of hydrogen-bond donors (Lipinski definition) is 1. The fourth-order valence-corrected chi connectivity index (χ4v) is 3.51. The highest BCUT2D eigenvalue weighted by molar-refractivity contribution is 6.31. The first-order chi connectivity index (χ1) is 15.3. The molecule has 3 rings (SSSR count). The van der Waals surface area contributed by atoms with Gasteiger partial charge in [-0.15, -0.1) is 0 Å². The van der Waals surface area contributed by atoms with E-state index in [4.69, 9.17) is 33.0 Å². The molecule has 0 saturated carbocycles. The second-order valence-electron chi connectivity index (χ2n) is 7.44. The van der Waals surface area contributed by atoms with E-state index in [-0.39, 0.29) is 18.4 Å². The molecular weight excluding hydrogens is 449 g/mol. The Morgan fingerprint density at radius 1 is 0.938 bits per heavy atom. The average Bonchev–Trinajstić information content (AvgIpc) is 2.77. The second kappa shape index (κ2) is 11.1. The van der Waals surface area contributed by atoms with Crippen LogP contribution in [-0.2, 0) is 4.79 Å². The molecule has 0 aliphatic carbocycles. The molecule has 0 spiro atoms. The maximum absolute atomic E-state index is 12.8. The normalized spacial score (nSPS) is 11.9. The van der Waals surface area contributed by atoms with Crippen LogP contribution < -0.4 is 4.74 Å². The van der Waals surface area contributed by atoms with Crippen molar-refractivity contribution in [2.24, 2.45) is 0 Å². The van der Waals surface area contributed by atoms with Crippen molar-refractivity contribution in [3.05, 3.63) is 99.5 Å². The van der Waals surface area contributed by atoms with E-state index in [1.807, 2.05) is 12.1 Å². The number of hydrogen-bond acceptors (Lipinski definition) is 4. The summed E-state index contributed by atoms with van der Waals surface area (Å²) in [6.07, 6.45) is 0.213. The van der Waals surface area contributed by atoms with E-state index in [1.165, 1.54) is 0 Å². The molecule has 166 valence electrons. The van der Waals surface area contributed by atoms with Crippen LogP contribution in [0.4, 0.5) is 0 Å². The molecule has 1 atom stereocenters. The van der Waals surface area contributed by atoms with Crippen LogP contribution in [0.25, 0.3) is 0 Å². The van der Waals surface area contributed by atoms with Crippen molar-refractivity contribution >= 4 is 35.0 Å². The molecule has 0 fully saturated rings. The molecule has 5 nitrogen and oxygen atoms in total. The van der Waals surface area contributed by atoms with Gasteiger partial charge in [-0.3, -0.25) is 14.5 Å². The Balaban J connectivity index is 1.79. The number of carboxylic acids is 1. The Kier molecular flexibility index (Phi) is 8.28. The van der Waals surface area contributed by atoms with E-state index in [0.29, 0.717) is 39.9 Å². The zero-order chi connectivity index (χ0) is 23.1. The van der Waals surface area contributed by atoms with Crippen LogP contribution in [0.3, 0.4) is 0 Å². The number of aliphatic carboxylic acids is 1. The molecule has 0 saturated heterocycles. The van der Waals surface area contributed by atoms with E-state index in [9.17, 15) is 9.59 Å². The van der Waals surface area contributed by atoms with Crippen LogP contribution in [0.5, 0.6) is 5.75 Å². The molecule has 0 aliphatic rings. The summed E-state index contributed by atoms with van der Waals surface area (Å²) in [4.78, 5) is 25.5. The summed E-state index contributed by atoms with van der Waals surface area (Å²) in [6.45, 7) is 0.460. The summed E-state index contributed by atoms with van der Waals surface area (Å²) in [6, 6.07) is 21.1. The lowest BCUT2D eigenvalue weighted by atomic mass is 10.0. The summed E-state index contributed by atoms with van der Waals surface area (Å²) in [5.41, 5.74) is 1.95. The Morgan fingerprint density at radius 3 is 2.19 bits per heavy atom. The Bertz CT molecular complexity index is 1070. The minimum Gasteiger partial charge on any atom is -0.486 e. The van der Waals surface area contributed by atoms with Gasteiger partial charge in [-0.05, 0) is 61.1 Å². The minimum atomic E-state index is -0.884. The van der Waals surface area contributed by atoms with Crippen LogP contribution in [0.2, 0.25) is 10.0 Å². The molecule has 0 aromatic heterocycles. The summed E-state index contributed by atoms with van der Waals surface area (Å²) < 4.78 is 6.25. The Hall–Kier alpha value is -2.86. The van der Waals surface area contributed by atoms with Gasteiger partial charge in [0.25, 0.3) is 0 Å². The van der Waals surface area contributed by atoms with E-state index in [1.54, 1.807) is 72.6 Å². The Labute approximate surface area is 197 Å². The van der Waals surface area contributed by atoms with Gasteiger partial charge in [-0.1, -0.05) is 47.5 Å². The van der Waals surface area contributed by atoms with E-state index < -0.39 is 5.97 Å². The van der Waals surface area contributed by atoms with Crippen LogP contribution in [-0.4, -0.2) is 41.9 Å². The molecule has 3 aromatic rings. The number of likely N-dealkylation sites (N-methyl/N-ethyl adjacent to an activating group) is 1. The third kappa shape index (κ3) is 6.82. The van der Waals surface area contributed by atoms with Gasteiger partial charge >= 0.3 is 5.97 Å². The third-order valence-corrected chi connectivity index (χ3v) is 5.40. The van der Waals surface area contributed by atoms with Crippen molar-refractivity contribution in [1.29, 1.82) is 0 Å². The van der Waals surface area contributed by atoms with E-state index in [0.717, 1.165) is 5.56 Å². The number of rotatable bonds is 10. The molecule has 1 unspecified atom stereocenters. The standard InChI is InChI=1S/C25H23Cl2NO4/c1-28(16-24(29)30)14-13-23(17-5-9-20(26)10-6-17)32-22-4-2-3-19(15-22)25(31)18-7-11-21(27)12-8-18/h2-12,15,23H,13-14,16H2,1H3,(H,29,30). The maximum atomic E-state index is 12.8. The lowest BCUT2D eigenvalue weighted by molar-refractivity contribution is -0.138. The van der Waals surface area contributed by atoms with Gasteiger partial charge < -0.3 is 9.84 Å². The first kappa shape index (κ1) is 23.8. The quantitative estimate of drug-likeness (QED) is 0.381. The van der Waals surface area contributed by atoms with Crippen LogP contribution in [0, 0.1) is 0 Å². The summed E-state index contributed by atoms with van der Waals surface area (Å²) >= 11 is 11.9. The topological polar surface area (TPSA) is 66.8 Å². The lowest BCUT2D eigenvalue weighted by Gasteiger charge is -2.23. The van der Waals surface area contributed by atoms with Crippen molar-refractivity contribution < 1.29 is 19.4 Å². The van der Waals surface area contributed by atoms with Crippen molar-refractivity contribution in [3.8, 4) is 5.75 Å².